The number of nitrogens with zero attached hydrogens (tertiary/aromatic N) is 1. The number of benzene rings is 3. The van der Waals surface area contributed by atoms with Crippen LogP contribution in [0.4, 0.5) is 32.0 Å². The quantitative estimate of drug-likeness (QED) is 0.341. The molecule has 0 atom stereocenters. The van der Waals surface area contributed by atoms with Crippen molar-refractivity contribution >= 4 is 23.4 Å². The van der Waals surface area contributed by atoms with E-state index in [1.165, 1.54) is 38.2 Å². The first-order valence-electron chi connectivity index (χ1n) is 10.4. The van der Waals surface area contributed by atoms with E-state index in [4.69, 9.17) is 0 Å². The van der Waals surface area contributed by atoms with E-state index >= 15 is 0 Å². The van der Waals surface area contributed by atoms with Crippen LogP contribution in [-0.2, 0) is 12.4 Å². The minimum atomic E-state index is -4.95. The maximum atomic E-state index is 13.8. The monoisotopic (exact) mass is 506 g/mol. The number of halogens is 6. The molecule has 0 unspecified atom stereocenters. The molecule has 0 radical (unpaired) electrons. The molecule has 0 bridgehead atoms. The summed E-state index contributed by atoms with van der Waals surface area (Å²) in [5.41, 5.74) is -3.30. The number of imide groups is 1. The smallest absolute Gasteiger partial charge is 0.321 e. The number of hydrogen-bond donors (Lipinski definition) is 1. The zero-order valence-electron chi connectivity index (χ0n) is 18.6. The third kappa shape index (κ3) is 4.43. The van der Waals surface area contributed by atoms with Crippen molar-refractivity contribution in [1.82, 2.24) is 4.90 Å². The lowest BCUT2D eigenvalue weighted by molar-refractivity contribution is -0.138. The van der Waals surface area contributed by atoms with Gasteiger partial charge in [0.2, 0.25) is 0 Å². The summed E-state index contributed by atoms with van der Waals surface area (Å²) in [6, 6.07) is 9.51. The van der Waals surface area contributed by atoms with Crippen molar-refractivity contribution in [1.29, 1.82) is 0 Å². The van der Waals surface area contributed by atoms with Crippen LogP contribution in [0.5, 0.6) is 0 Å². The molecule has 0 spiro atoms. The molecule has 5 nitrogen and oxygen atoms in total. The molecule has 36 heavy (non-hydrogen) atoms. The summed E-state index contributed by atoms with van der Waals surface area (Å²) < 4.78 is 81.3. The molecule has 11 heteroatoms. The summed E-state index contributed by atoms with van der Waals surface area (Å²) >= 11 is 0. The highest BCUT2D eigenvalue weighted by atomic mass is 19.4. The number of rotatable bonds is 3. The van der Waals surface area contributed by atoms with Crippen molar-refractivity contribution in [2.24, 2.45) is 0 Å². The normalized spacial score (nSPS) is 13.7. The van der Waals surface area contributed by atoms with Crippen molar-refractivity contribution in [2.75, 3.05) is 12.4 Å². The van der Waals surface area contributed by atoms with E-state index in [2.05, 4.69) is 5.32 Å². The van der Waals surface area contributed by atoms with Crippen molar-refractivity contribution < 1.29 is 40.7 Å². The minimum absolute atomic E-state index is 0.0543. The Bertz CT molecular complexity index is 1430. The Labute approximate surface area is 200 Å². The molecule has 186 valence electrons. The molecule has 4 rings (SSSR count). The van der Waals surface area contributed by atoms with Gasteiger partial charge in [-0.15, -0.1) is 0 Å². The molecule has 1 aliphatic heterocycles. The van der Waals surface area contributed by atoms with E-state index in [1.807, 2.05) is 0 Å². The summed E-state index contributed by atoms with van der Waals surface area (Å²) in [4.78, 5) is 37.7. The van der Waals surface area contributed by atoms with Gasteiger partial charge in [-0.3, -0.25) is 19.3 Å². The van der Waals surface area contributed by atoms with Gasteiger partial charge in [-0.25, -0.2) is 0 Å². The lowest BCUT2D eigenvalue weighted by Crippen LogP contribution is -2.24. The zero-order chi connectivity index (χ0) is 26.6. The SMILES string of the molecule is Cc1ccc(-c2ccc(NC(=O)c3ccc4c(c3)C(=O)N(C)C4=O)c(C(F)(F)F)c2)cc1C(F)(F)F. The first kappa shape index (κ1) is 25.0. The fraction of sp³-hybridized carbons (Fsp3) is 0.160. The van der Waals surface area contributed by atoms with Crippen molar-refractivity contribution in [3.63, 3.8) is 0 Å². The predicted octanol–water partition coefficient (Wildman–Crippen LogP) is 6.18. The van der Waals surface area contributed by atoms with Crippen molar-refractivity contribution in [2.45, 2.75) is 19.3 Å². The number of fused-ring (bicyclic) bond motifs is 1. The largest absolute Gasteiger partial charge is 0.418 e. The third-order valence-electron chi connectivity index (χ3n) is 5.80. The summed E-state index contributed by atoms with van der Waals surface area (Å²) in [7, 11) is 1.26. The Hall–Kier alpha value is -4.15. The molecular weight excluding hydrogens is 490 g/mol. The predicted molar refractivity (Wildman–Crippen MR) is 117 cm³/mol. The summed E-state index contributed by atoms with van der Waals surface area (Å²) in [5.74, 6) is -2.19. The summed E-state index contributed by atoms with van der Waals surface area (Å²) in [6.45, 7) is 1.24. The minimum Gasteiger partial charge on any atom is -0.321 e. The lowest BCUT2D eigenvalue weighted by Gasteiger charge is -2.17. The topological polar surface area (TPSA) is 66.5 Å². The summed E-state index contributed by atoms with van der Waals surface area (Å²) in [5, 5.41) is 2.14. The van der Waals surface area contributed by atoms with Gasteiger partial charge in [-0.05, 0) is 60.0 Å². The second-order valence-corrected chi connectivity index (χ2v) is 8.17. The van der Waals surface area contributed by atoms with Gasteiger partial charge in [0.05, 0.1) is 27.9 Å². The second kappa shape index (κ2) is 8.51. The molecule has 1 heterocycles. The highest BCUT2D eigenvalue weighted by Crippen LogP contribution is 2.40. The molecule has 3 amide bonds. The average Bonchev–Trinajstić information content (AvgIpc) is 3.01. The molecule has 1 N–H and O–H groups in total. The number of anilines is 1. The molecule has 0 fully saturated rings. The van der Waals surface area contributed by atoms with Gasteiger partial charge in [0.25, 0.3) is 17.7 Å². The molecule has 0 aliphatic carbocycles. The number of hydrogen-bond acceptors (Lipinski definition) is 3. The van der Waals surface area contributed by atoms with Gasteiger partial charge in [-0.1, -0.05) is 18.2 Å². The van der Waals surface area contributed by atoms with Gasteiger partial charge in [0.15, 0.2) is 0 Å². The van der Waals surface area contributed by atoms with Crippen LogP contribution in [0.2, 0.25) is 0 Å². The fourth-order valence-corrected chi connectivity index (χ4v) is 3.87. The molecule has 1 aliphatic rings. The van der Waals surface area contributed by atoms with Crippen LogP contribution in [0, 0.1) is 6.92 Å². The molecule has 0 saturated heterocycles. The Kier molecular flexibility index (Phi) is 5.90. The highest BCUT2D eigenvalue weighted by molar-refractivity contribution is 6.22. The van der Waals surface area contributed by atoms with Gasteiger partial charge in [0, 0.05) is 12.6 Å². The maximum absolute atomic E-state index is 13.8. The molecule has 0 saturated carbocycles. The van der Waals surface area contributed by atoms with E-state index in [0.717, 1.165) is 29.2 Å². The summed E-state index contributed by atoms with van der Waals surface area (Å²) in [6.07, 6.45) is -9.63. The zero-order valence-corrected chi connectivity index (χ0v) is 18.6. The van der Waals surface area contributed by atoms with Crippen LogP contribution in [0.15, 0.2) is 54.6 Å². The van der Waals surface area contributed by atoms with Gasteiger partial charge < -0.3 is 5.32 Å². The Morgan fingerprint density at radius 3 is 1.92 bits per heavy atom. The molecule has 3 aromatic carbocycles. The Morgan fingerprint density at radius 2 is 1.31 bits per heavy atom. The third-order valence-corrected chi connectivity index (χ3v) is 5.80. The van der Waals surface area contributed by atoms with Crippen LogP contribution < -0.4 is 5.32 Å². The molecule has 3 aromatic rings. The van der Waals surface area contributed by atoms with Crippen LogP contribution >= 0.6 is 0 Å². The first-order chi connectivity index (χ1) is 16.7. The van der Waals surface area contributed by atoms with Gasteiger partial charge >= 0.3 is 12.4 Å². The van der Waals surface area contributed by atoms with Crippen molar-refractivity contribution in [3.05, 3.63) is 88.0 Å². The van der Waals surface area contributed by atoms with E-state index in [1.54, 1.807) is 0 Å². The average molecular weight is 506 g/mol. The van der Waals surface area contributed by atoms with Crippen molar-refractivity contribution in [3.8, 4) is 11.1 Å². The highest BCUT2D eigenvalue weighted by Gasteiger charge is 2.36. The number of carbonyl (C=O) groups is 3. The van der Waals surface area contributed by atoms with Crippen LogP contribution in [0.25, 0.3) is 11.1 Å². The van der Waals surface area contributed by atoms with E-state index < -0.39 is 46.9 Å². The number of alkyl halides is 6. The van der Waals surface area contributed by atoms with E-state index in [9.17, 15) is 40.7 Å². The lowest BCUT2D eigenvalue weighted by atomic mass is 9.97. The van der Waals surface area contributed by atoms with E-state index in [-0.39, 0.29) is 33.4 Å². The first-order valence-corrected chi connectivity index (χ1v) is 10.4. The van der Waals surface area contributed by atoms with Crippen LogP contribution in [0.3, 0.4) is 0 Å². The van der Waals surface area contributed by atoms with Gasteiger partial charge in [0.1, 0.15) is 0 Å². The number of nitrogens with one attached hydrogen (secondary N) is 1. The maximum Gasteiger partial charge on any atom is 0.418 e. The molecule has 0 aromatic heterocycles. The Balaban J connectivity index is 1.70. The van der Waals surface area contributed by atoms with Crippen LogP contribution in [-0.4, -0.2) is 29.7 Å². The number of amides is 3. The number of aryl methyl sites for hydroxylation is 1. The second-order valence-electron chi connectivity index (χ2n) is 8.17. The van der Waals surface area contributed by atoms with Crippen LogP contribution in [0.1, 0.15) is 47.8 Å². The Morgan fingerprint density at radius 1 is 0.750 bits per heavy atom. The number of carbonyl (C=O) groups excluding carboxylic acids is 3. The standard InChI is InChI=1S/C25H16F6N2O3/c1-12-3-4-13(10-18(12)24(26,27)28)14-6-8-20(19(11-14)25(29,30)31)32-21(34)15-5-7-16-17(9-15)23(36)33(2)22(16)35/h3-11H,1-2H3,(H,32,34). The fourth-order valence-electron chi connectivity index (χ4n) is 3.87. The molecular formula is C25H16F6N2O3. The van der Waals surface area contributed by atoms with Gasteiger partial charge in [-0.2, -0.15) is 26.3 Å². The van der Waals surface area contributed by atoms with E-state index in [0.29, 0.717) is 6.07 Å².